The van der Waals surface area contributed by atoms with Gasteiger partial charge in [-0.25, -0.2) is 0 Å². The summed E-state index contributed by atoms with van der Waals surface area (Å²) in [5, 5.41) is 15.8. The number of anilines is 1. The van der Waals surface area contributed by atoms with Gasteiger partial charge in [-0.15, -0.1) is 0 Å². The second-order valence-electron chi connectivity index (χ2n) is 6.98. The van der Waals surface area contributed by atoms with Crippen molar-refractivity contribution in [2.45, 2.75) is 19.3 Å². The van der Waals surface area contributed by atoms with Crippen molar-refractivity contribution in [3.8, 4) is 17.6 Å². The van der Waals surface area contributed by atoms with Gasteiger partial charge in [0.25, 0.3) is 0 Å². The third kappa shape index (κ3) is 5.38. The minimum absolute atomic E-state index is 0.0628. The van der Waals surface area contributed by atoms with Gasteiger partial charge in [0.1, 0.15) is 0 Å². The van der Waals surface area contributed by atoms with E-state index in [1.807, 2.05) is 37.3 Å². The van der Waals surface area contributed by atoms with Gasteiger partial charge in [0.15, 0.2) is 11.5 Å². The van der Waals surface area contributed by atoms with Crippen molar-refractivity contribution in [3.63, 3.8) is 0 Å². The minimum Gasteiger partial charge on any atom is -0.493 e. The lowest BCUT2D eigenvalue weighted by Crippen LogP contribution is -2.31. The number of nitrogens with one attached hydrogen (secondary N) is 2. The fourth-order valence-electron chi connectivity index (χ4n) is 3.26. The zero-order chi connectivity index (χ0) is 22.4. The standard InChI is InChI=1S/C23H23N3O4S/c1-14-4-7-16(8-5-14)25-22(28)13-31-23-18(12-24)17(11-21(27)26-23)15-6-9-19(29-2)20(10-15)30-3/h4-10,17H,11,13H2,1-3H3,(H,25,28)(H,26,27)/t17-/m1/s1. The maximum absolute atomic E-state index is 12.3. The molecule has 2 aromatic carbocycles. The van der Waals surface area contributed by atoms with Gasteiger partial charge in [0.2, 0.25) is 11.8 Å². The van der Waals surface area contributed by atoms with Gasteiger partial charge in [0.05, 0.1) is 36.6 Å². The van der Waals surface area contributed by atoms with Crippen LogP contribution in [0.3, 0.4) is 0 Å². The van der Waals surface area contributed by atoms with E-state index in [1.165, 1.54) is 7.11 Å². The van der Waals surface area contributed by atoms with Crippen molar-refractivity contribution < 1.29 is 19.1 Å². The number of carbonyl (C=O) groups is 2. The van der Waals surface area contributed by atoms with Gasteiger partial charge >= 0.3 is 0 Å². The highest BCUT2D eigenvalue weighted by atomic mass is 32.2. The largest absolute Gasteiger partial charge is 0.493 e. The quantitative estimate of drug-likeness (QED) is 0.685. The molecule has 0 aliphatic carbocycles. The Bertz CT molecular complexity index is 1060. The lowest BCUT2D eigenvalue weighted by molar-refractivity contribution is -0.121. The van der Waals surface area contributed by atoms with Crippen molar-refractivity contribution in [3.05, 3.63) is 64.2 Å². The molecule has 1 aliphatic rings. The summed E-state index contributed by atoms with van der Waals surface area (Å²) in [6, 6.07) is 15.0. The summed E-state index contributed by atoms with van der Waals surface area (Å²) in [6.07, 6.45) is 0.137. The Labute approximate surface area is 185 Å². The smallest absolute Gasteiger partial charge is 0.234 e. The fraction of sp³-hybridized carbons (Fsp3) is 0.261. The van der Waals surface area contributed by atoms with Crippen LogP contribution < -0.4 is 20.1 Å². The third-order valence-electron chi connectivity index (χ3n) is 4.85. The van der Waals surface area contributed by atoms with Gasteiger partial charge in [-0.1, -0.05) is 35.5 Å². The molecule has 0 saturated heterocycles. The maximum Gasteiger partial charge on any atom is 0.234 e. The number of hydrogen-bond donors (Lipinski definition) is 2. The molecule has 0 bridgehead atoms. The van der Waals surface area contributed by atoms with E-state index in [9.17, 15) is 14.9 Å². The third-order valence-corrected chi connectivity index (χ3v) is 5.87. The molecule has 160 valence electrons. The molecule has 0 saturated carbocycles. The molecule has 3 rings (SSSR count). The van der Waals surface area contributed by atoms with Gasteiger partial charge in [0, 0.05) is 18.0 Å². The number of nitriles is 1. The number of benzene rings is 2. The number of methoxy groups -OCH3 is 2. The van der Waals surface area contributed by atoms with E-state index in [1.54, 1.807) is 19.2 Å². The number of hydrogen-bond acceptors (Lipinski definition) is 6. The first-order valence-electron chi connectivity index (χ1n) is 9.60. The van der Waals surface area contributed by atoms with Crippen LogP contribution in [0.4, 0.5) is 5.69 Å². The normalized spacial score (nSPS) is 15.7. The number of carbonyl (C=O) groups excluding carboxylic acids is 2. The molecular weight excluding hydrogens is 414 g/mol. The van der Waals surface area contributed by atoms with E-state index in [0.717, 1.165) is 22.9 Å². The van der Waals surface area contributed by atoms with Crippen LogP contribution in [0.15, 0.2) is 53.1 Å². The van der Waals surface area contributed by atoms with Crippen LogP contribution in [0.1, 0.15) is 23.5 Å². The Morgan fingerprint density at radius 1 is 1.19 bits per heavy atom. The summed E-state index contributed by atoms with van der Waals surface area (Å²) in [4.78, 5) is 24.7. The van der Waals surface area contributed by atoms with Crippen LogP contribution in [-0.4, -0.2) is 31.8 Å². The second kappa shape index (κ2) is 10.0. The van der Waals surface area contributed by atoms with Gasteiger partial charge in [-0.05, 0) is 36.8 Å². The summed E-state index contributed by atoms with van der Waals surface area (Å²) in [5.41, 5.74) is 2.98. The first-order valence-corrected chi connectivity index (χ1v) is 10.6. The zero-order valence-corrected chi connectivity index (χ0v) is 18.3. The second-order valence-corrected chi connectivity index (χ2v) is 7.96. The predicted octanol–water partition coefficient (Wildman–Crippen LogP) is 3.72. The summed E-state index contributed by atoms with van der Waals surface area (Å²) in [7, 11) is 3.08. The molecule has 1 heterocycles. The minimum atomic E-state index is -0.429. The summed E-state index contributed by atoms with van der Waals surface area (Å²) < 4.78 is 10.6. The molecule has 0 spiro atoms. The molecule has 0 fully saturated rings. The highest BCUT2D eigenvalue weighted by molar-refractivity contribution is 8.03. The number of nitrogens with zero attached hydrogens (tertiary/aromatic N) is 1. The molecule has 2 N–H and O–H groups in total. The molecule has 2 aromatic rings. The molecule has 31 heavy (non-hydrogen) atoms. The topological polar surface area (TPSA) is 100 Å². The average molecular weight is 438 g/mol. The number of ether oxygens (including phenoxy) is 2. The van der Waals surface area contributed by atoms with Crippen molar-refractivity contribution in [1.82, 2.24) is 5.32 Å². The molecule has 0 radical (unpaired) electrons. The van der Waals surface area contributed by atoms with Crippen LogP contribution in [0, 0.1) is 18.3 Å². The monoisotopic (exact) mass is 437 g/mol. The van der Waals surface area contributed by atoms with E-state index >= 15 is 0 Å². The first-order chi connectivity index (χ1) is 14.9. The molecule has 1 aliphatic heterocycles. The van der Waals surface area contributed by atoms with E-state index < -0.39 is 5.92 Å². The summed E-state index contributed by atoms with van der Waals surface area (Å²) in [5.74, 6) is 0.293. The van der Waals surface area contributed by atoms with Crippen molar-refractivity contribution >= 4 is 29.3 Å². The van der Waals surface area contributed by atoms with Crippen LogP contribution in [-0.2, 0) is 9.59 Å². The van der Waals surface area contributed by atoms with Gasteiger partial charge in [-0.3, -0.25) is 9.59 Å². The van der Waals surface area contributed by atoms with Crippen LogP contribution in [0.2, 0.25) is 0 Å². The van der Waals surface area contributed by atoms with Crippen molar-refractivity contribution in [1.29, 1.82) is 5.26 Å². The van der Waals surface area contributed by atoms with Crippen molar-refractivity contribution in [2.75, 3.05) is 25.3 Å². The number of thioether (sulfide) groups is 1. The molecule has 1 atom stereocenters. The van der Waals surface area contributed by atoms with Crippen LogP contribution in [0.5, 0.6) is 11.5 Å². The summed E-state index contributed by atoms with van der Waals surface area (Å²) >= 11 is 1.14. The fourth-order valence-corrected chi connectivity index (χ4v) is 4.14. The first kappa shape index (κ1) is 22.2. The van der Waals surface area contributed by atoms with Crippen LogP contribution >= 0.6 is 11.8 Å². The predicted molar refractivity (Wildman–Crippen MR) is 120 cm³/mol. The van der Waals surface area contributed by atoms with Gasteiger partial charge < -0.3 is 20.1 Å². The van der Waals surface area contributed by atoms with E-state index in [0.29, 0.717) is 27.8 Å². The van der Waals surface area contributed by atoms with E-state index in [-0.39, 0.29) is 24.0 Å². The van der Waals surface area contributed by atoms with Gasteiger partial charge in [-0.2, -0.15) is 5.26 Å². The highest BCUT2D eigenvalue weighted by Gasteiger charge is 2.30. The molecule has 8 heteroatoms. The lowest BCUT2D eigenvalue weighted by atomic mass is 9.87. The van der Waals surface area contributed by atoms with E-state index in [2.05, 4.69) is 16.7 Å². The Morgan fingerprint density at radius 2 is 1.90 bits per heavy atom. The molecule has 2 amide bonds. The number of allylic oxidation sites excluding steroid dienone is 1. The molecule has 0 unspecified atom stereocenters. The zero-order valence-electron chi connectivity index (χ0n) is 17.5. The molecule has 7 nitrogen and oxygen atoms in total. The lowest BCUT2D eigenvalue weighted by Gasteiger charge is -2.25. The number of aryl methyl sites for hydroxylation is 1. The number of amides is 2. The SMILES string of the molecule is COc1ccc([C@H]2CC(=O)NC(SCC(=O)Nc3ccc(C)cc3)=C2C#N)cc1OC. The molecule has 0 aromatic heterocycles. The Balaban J connectivity index is 1.79. The Morgan fingerprint density at radius 3 is 2.55 bits per heavy atom. The average Bonchev–Trinajstić information content (AvgIpc) is 2.78. The Hall–Kier alpha value is -3.44. The Kier molecular flexibility index (Phi) is 7.21. The number of rotatable bonds is 7. The van der Waals surface area contributed by atoms with Crippen molar-refractivity contribution in [2.24, 2.45) is 0 Å². The van der Waals surface area contributed by atoms with Crippen LogP contribution in [0.25, 0.3) is 0 Å². The highest BCUT2D eigenvalue weighted by Crippen LogP contribution is 2.39. The summed E-state index contributed by atoms with van der Waals surface area (Å²) in [6.45, 7) is 1.97. The molecular formula is C23H23N3O4S. The van der Waals surface area contributed by atoms with E-state index in [4.69, 9.17) is 9.47 Å². The maximum atomic E-state index is 12.3.